The zero-order valence-corrected chi connectivity index (χ0v) is 16.1. The van der Waals surface area contributed by atoms with Gasteiger partial charge in [0.15, 0.2) is 0 Å². The number of imidazole rings is 1. The molecule has 0 aliphatic carbocycles. The molecule has 0 saturated carbocycles. The van der Waals surface area contributed by atoms with Crippen LogP contribution in [0.25, 0.3) is 0 Å². The molecule has 1 aliphatic rings. The molecule has 1 saturated heterocycles. The number of aromatic nitrogens is 2. The molecule has 5 nitrogen and oxygen atoms in total. The fourth-order valence-electron chi connectivity index (χ4n) is 3.73. The Bertz CT molecular complexity index is 710. The number of nitrogens with zero attached hydrogens (tertiary/aromatic N) is 4. The van der Waals surface area contributed by atoms with E-state index in [4.69, 9.17) is 0 Å². The first-order valence-electron chi connectivity index (χ1n) is 9.65. The zero-order valence-electron chi connectivity index (χ0n) is 16.1. The van der Waals surface area contributed by atoms with Crippen LogP contribution in [0.4, 0.5) is 0 Å². The fraction of sp³-hybridized carbons (Fsp3) is 0.524. The van der Waals surface area contributed by atoms with Crippen LogP contribution in [-0.4, -0.2) is 44.4 Å². The Morgan fingerprint density at radius 3 is 2.65 bits per heavy atom. The molecule has 1 aromatic carbocycles. The maximum absolute atomic E-state index is 12.8. The van der Waals surface area contributed by atoms with Gasteiger partial charge in [-0.3, -0.25) is 9.69 Å². The van der Waals surface area contributed by atoms with Gasteiger partial charge in [-0.25, -0.2) is 4.98 Å². The van der Waals surface area contributed by atoms with E-state index in [0.29, 0.717) is 19.0 Å². The van der Waals surface area contributed by atoms with Gasteiger partial charge < -0.3 is 9.47 Å². The molecule has 1 amide bonds. The first kappa shape index (κ1) is 18.6. The Morgan fingerprint density at radius 2 is 1.96 bits per heavy atom. The maximum atomic E-state index is 12.8. The molecule has 1 atom stereocenters. The van der Waals surface area contributed by atoms with Crippen LogP contribution in [0.2, 0.25) is 0 Å². The summed E-state index contributed by atoms with van der Waals surface area (Å²) in [5.41, 5.74) is 2.42. The lowest BCUT2D eigenvalue weighted by Crippen LogP contribution is -2.42. The third-order valence-corrected chi connectivity index (χ3v) is 5.23. The third-order valence-electron chi connectivity index (χ3n) is 5.23. The zero-order chi connectivity index (χ0) is 18.5. The van der Waals surface area contributed by atoms with Gasteiger partial charge in [0.2, 0.25) is 5.91 Å². The van der Waals surface area contributed by atoms with Gasteiger partial charge in [-0.2, -0.15) is 0 Å². The average Bonchev–Trinajstić information content (AvgIpc) is 3.05. The van der Waals surface area contributed by atoms with Gasteiger partial charge in [0.1, 0.15) is 0 Å². The quantitative estimate of drug-likeness (QED) is 0.797. The molecule has 0 spiro atoms. The topological polar surface area (TPSA) is 41.4 Å². The van der Waals surface area contributed by atoms with Crippen LogP contribution in [0.3, 0.4) is 0 Å². The monoisotopic (exact) mass is 354 g/mol. The molecular formula is C21H30N4O. The van der Waals surface area contributed by atoms with Crippen molar-refractivity contribution in [1.29, 1.82) is 0 Å². The number of benzene rings is 1. The SMILES string of the molecule is CC[C@@H]1CN(Cc2cncn2C(C)C)CCC(=O)N1Cc1ccccc1. The summed E-state index contributed by atoms with van der Waals surface area (Å²) in [5, 5.41) is 0. The van der Waals surface area contributed by atoms with Crippen LogP contribution >= 0.6 is 0 Å². The number of amides is 1. The Balaban J connectivity index is 1.72. The van der Waals surface area contributed by atoms with Crippen molar-refractivity contribution < 1.29 is 4.79 Å². The van der Waals surface area contributed by atoms with E-state index < -0.39 is 0 Å². The summed E-state index contributed by atoms with van der Waals surface area (Å²) < 4.78 is 2.22. The van der Waals surface area contributed by atoms with Gasteiger partial charge in [0.25, 0.3) is 0 Å². The van der Waals surface area contributed by atoms with E-state index in [1.54, 1.807) is 0 Å². The highest BCUT2D eigenvalue weighted by Gasteiger charge is 2.29. The second-order valence-corrected chi connectivity index (χ2v) is 7.44. The minimum atomic E-state index is 0.251. The summed E-state index contributed by atoms with van der Waals surface area (Å²) in [6.45, 7) is 9.80. The van der Waals surface area contributed by atoms with Crippen molar-refractivity contribution >= 4 is 5.91 Å². The van der Waals surface area contributed by atoms with Crippen LogP contribution in [0.15, 0.2) is 42.9 Å². The maximum Gasteiger partial charge on any atom is 0.224 e. The molecule has 26 heavy (non-hydrogen) atoms. The second-order valence-electron chi connectivity index (χ2n) is 7.44. The van der Waals surface area contributed by atoms with Crippen LogP contribution in [0.5, 0.6) is 0 Å². The van der Waals surface area contributed by atoms with E-state index in [0.717, 1.165) is 26.1 Å². The summed E-state index contributed by atoms with van der Waals surface area (Å²) in [6.07, 6.45) is 5.41. The number of carbonyl (C=O) groups excluding carboxylic acids is 1. The lowest BCUT2D eigenvalue weighted by Gasteiger charge is -2.31. The van der Waals surface area contributed by atoms with E-state index in [2.05, 4.69) is 52.3 Å². The van der Waals surface area contributed by atoms with Gasteiger partial charge in [-0.15, -0.1) is 0 Å². The van der Waals surface area contributed by atoms with Crippen molar-refractivity contribution in [2.45, 2.75) is 58.8 Å². The second kappa shape index (κ2) is 8.49. The molecule has 1 aromatic heterocycles. The molecule has 0 bridgehead atoms. The van der Waals surface area contributed by atoms with Crippen molar-refractivity contribution in [3.63, 3.8) is 0 Å². The van der Waals surface area contributed by atoms with Crippen LogP contribution in [0, 0.1) is 0 Å². The smallest absolute Gasteiger partial charge is 0.224 e. The molecule has 2 aromatic rings. The first-order valence-corrected chi connectivity index (χ1v) is 9.65. The molecule has 3 rings (SSSR count). The van der Waals surface area contributed by atoms with Crippen molar-refractivity contribution in [3.05, 3.63) is 54.1 Å². The van der Waals surface area contributed by atoms with Gasteiger partial charge in [-0.1, -0.05) is 37.3 Å². The molecule has 0 radical (unpaired) electrons. The first-order chi connectivity index (χ1) is 12.6. The lowest BCUT2D eigenvalue weighted by atomic mass is 10.1. The predicted molar refractivity (Wildman–Crippen MR) is 104 cm³/mol. The van der Waals surface area contributed by atoms with Gasteiger partial charge in [-0.05, 0) is 25.8 Å². The normalized spacial score (nSPS) is 19.2. The number of carbonyl (C=O) groups is 1. The van der Waals surface area contributed by atoms with E-state index in [1.807, 2.05) is 30.7 Å². The Kier molecular flexibility index (Phi) is 6.09. The summed E-state index contributed by atoms with van der Waals surface area (Å²) in [7, 11) is 0. The van der Waals surface area contributed by atoms with Gasteiger partial charge in [0.05, 0.1) is 12.0 Å². The third kappa shape index (κ3) is 4.33. The molecular weight excluding hydrogens is 324 g/mol. The van der Waals surface area contributed by atoms with Crippen molar-refractivity contribution in [2.24, 2.45) is 0 Å². The van der Waals surface area contributed by atoms with Crippen molar-refractivity contribution in [2.75, 3.05) is 13.1 Å². The molecule has 1 aliphatic heterocycles. The lowest BCUT2D eigenvalue weighted by molar-refractivity contribution is -0.133. The molecule has 0 N–H and O–H groups in total. The van der Waals surface area contributed by atoms with E-state index >= 15 is 0 Å². The van der Waals surface area contributed by atoms with Crippen LogP contribution < -0.4 is 0 Å². The summed E-state index contributed by atoms with van der Waals surface area (Å²) in [6, 6.07) is 11.0. The molecule has 0 unspecified atom stereocenters. The van der Waals surface area contributed by atoms with E-state index in [-0.39, 0.29) is 11.9 Å². The van der Waals surface area contributed by atoms with E-state index in [1.165, 1.54) is 11.3 Å². The van der Waals surface area contributed by atoms with E-state index in [9.17, 15) is 4.79 Å². The van der Waals surface area contributed by atoms with Crippen molar-refractivity contribution in [1.82, 2.24) is 19.4 Å². The molecule has 2 heterocycles. The minimum absolute atomic E-state index is 0.251. The summed E-state index contributed by atoms with van der Waals surface area (Å²) in [4.78, 5) is 21.6. The Labute approximate surface area is 156 Å². The summed E-state index contributed by atoms with van der Waals surface area (Å²) >= 11 is 0. The van der Waals surface area contributed by atoms with Crippen molar-refractivity contribution in [3.8, 4) is 0 Å². The van der Waals surface area contributed by atoms with Gasteiger partial charge >= 0.3 is 0 Å². The predicted octanol–water partition coefficient (Wildman–Crippen LogP) is 3.48. The highest BCUT2D eigenvalue weighted by Crippen LogP contribution is 2.20. The minimum Gasteiger partial charge on any atom is -0.334 e. The van der Waals surface area contributed by atoms with Crippen LogP contribution in [0.1, 0.15) is 50.9 Å². The van der Waals surface area contributed by atoms with Gasteiger partial charge in [0, 0.05) is 50.9 Å². The van der Waals surface area contributed by atoms with Crippen LogP contribution in [-0.2, 0) is 17.9 Å². The highest BCUT2D eigenvalue weighted by atomic mass is 16.2. The largest absolute Gasteiger partial charge is 0.334 e. The number of rotatable bonds is 6. The number of hydrogen-bond acceptors (Lipinski definition) is 3. The standard InChI is InChI=1S/C21H30N4O/c1-4-19-14-23(15-20-12-22-16-25(20)17(2)3)11-10-21(26)24(19)13-18-8-6-5-7-9-18/h5-9,12,16-17,19H,4,10-11,13-15H2,1-3H3/t19-/m1/s1. The highest BCUT2D eigenvalue weighted by molar-refractivity contribution is 5.77. The molecule has 5 heteroatoms. The molecule has 140 valence electrons. The summed E-state index contributed by atoms with van der Waals surface area (Å²) in [5.74, 6) is 0.264. The average molecular weight is 354 g/mol. The fourth-order valence-corrected chi connectivity index (χ4v) is 3.73. The Hall–Kier alpha value is -2.14. The number of hydrogen-bond donors (Lipinski definition) is 0. The Morgan fingerprint density at radius 1 is 1.19 bits per heavy atom. The molecule has 1 fully saturated rings.